The fourth-order valence-corrected chi connectivity index (χ4v) is 0.528. The Kier molecular flexibility index (Phi) is 1.18. The molecule has 0 bridgehead atoms. The van der Waals surface area contributed by atoms with E-state index >= 15 is 0 Å². The van der Waals surface area contributed by atoms with E-state index < -0.39 is 4.33 Å². The van der Waals surface area contributed by atoms with Crippen molar-refractivity contribution in [1.82, 2.24) is 10.9 Å². The average molecular weight is 135 g/mol. The Morgan fingerprint density at radius 1 is 1.57 bits per heavy atom. The summed E-state index contributed by atoms with van der Waals surface area (Å²) in [6, 6.07) is 0. The second-order valence-corrected chi connectivity index (χ2v) is 2.81. The smallest absolute Gasteiger partial charge is 0.218 e. The van der Waals surface area contributed by atoms with Gasteiger partial charge in [0.2, 0.25) is 4.33 Å². The Balaban J connectivity index is 2.57. The maximum atomic E-state index is 3.94. The van der Waals surface area contributed by atoms with Gasteiger partial charge < -0.3 is 5.43 Å². The number of thiol groups is 2. The first-order chi connectivity index (χ1) is 3.21. The number of hydrogen-bond donors (Lipinski definition) is 4. The van der Waals surface area contributed by atoms with E-state index in [2.05, 4.69) is 41.1 Å². The monoisotopic (exact) mass is 135 g/mol. The molecule has 0 saturated heterocycles. The van der Waals surface area contributed by atoms with Crippen LogP contribution in [0.2, 0.25) is 0 Å². The lowest BCUT2D eigenvalue weighted by molar-refractivity contribution is 0.659. The lowest BCUT2D eigenvalue weighted by Crippen LogP contribution is -2.35. The van der Waals surface area contributed by atoms with E-state index in [1.807, 2.05) is 0 Å². The van der Waals surface area contributed by atoms with E-state index in [1.54, 1.807) is 0 Å². The minimum atomic E-state index is -0.708. The van der Waals surface area contributed by atoms with E-state index in [1.165, 1.54) is 6.34 Å². The summed E-state index contributed by atoms with van der Waals surface area (Å²) in [5.74, 6) is 0. The van der Waals surface area contributed by atoms with Gasteiger partial charge in [-0.1, -0.05) is 0 Å². The Bertz CT molecular complexity index is 99.1. The van der Waals surface area contributed by atoms with Crippen LogP contribution in [-0.4, -0.2) is 10.7 Å². The molecule has 1 rings (SSSR count). The Morgan fingerprint density at radius 3 is 2.43 bits per heavy atom. The Morgan fingerprint density at radius 2 is 2.29 bits per heavy atom. The van der Waals surface area contributed by atoms with Crippen LogP contribution in [0.1, 0.15) is 0 Å². The largest absolute Gasteiger partial charge is 0.309 e. The minimum absolute atomic E-state index is 0.708. The van der Waals surface area contributed by atoms with Crippen molar-refractivity contribution in [2.24, 2.45) is 4.99 Å². The first-order valence-electron chi connectivity index (χ1n) is 1.72. The topological polar surface area (TPSA) is 36.4 Å². The van der Waals surface area contributed by atoms with Crippen molar-refractivity contribution >= 4 is 31.6 Å². The summed E-state index contributed by atoms with van der Waals surface area (Å²) in [4.78, 5) is 3.75. The molecule has 5 heteroatoms. The third kappa shape index (κ3) is 1.25. The molecule has 0 spiro atoms. The molecule has 0 radical (unpaired) electrons. The number of hydrazine groups is 1. The average Bonchev–Trinajstić information content (AvgIpc) is 1.84. The fourth-order valence-electron chi connectivity index (χ4n) is 0.284. The lowest BCUT2D eigenvalue weighted by Gasteiger charge is -2.09. The summed E-state index contributed by atoms with van der Waals surface area (Å²) in [5.41, 5.74) is 5.27. The second-order valence-electron chi connectivity index (χ2n) is 1.16. The molecule has 2 N–H and O–H groups in total. The van der Waals surface area contributed by atoms with Crippen LogP contribution in [0.4, 0.5) is 0 Å². The first-order valence-corrected chi connectivity index (χ1v) is 2.61. The highest BCUT2D eigenvalue weighted by Crippen LogP contribution is 2.16. The van der Waals surface area contributed by atoms with Crippen LogP contribution in [0, 0.1) is 0 Å². The zero-order valence-electron chi connectivity index (χ0n) is 3.42. The molecular formula is C2H5N3S2. The van der Waals surface area contributed by atoms with Crippen molar-refractivity contribution in [2.45, 2.75) is 4.33 Å². The SMILES string of the molecule is SC1(S)N=CNN1. The third-order valence-electron chi connectivity index (χ3n) is 0.549. The third-order valence-corrected chi connectivity index (χ3v) is 1.00. The molecule has 0 fully saturated rings. The van der Waals surface area contributed by atoms with Crippen LogP contribution in [0.3, 0.4) is 0 Å². The van der Waals surface area contributed by atoms with Crippen molar-refractivity contribution in [1.29, 1.82) is 0 Å². The zero-order valence-corrected chi connectivity index (χ0v) is 5.21. The van der Waals surface area contributed by atoms with Gasteiger partial charge in [0.25, 0.3) is 0 Å². The number of aliphatic imine (C=N–C) groups is 1. The van der Waals surface area contributed by atoms with Gasteiger partial charge in [-0.25, -0.2) is 4.99 Å². The highest BCUT2D eigenvalue weighted by molar-refractivity contribution is 8.00. The molecule has 0 amide bonds. The van der Waals surface area contributed by atoms with Crippen molar-refractivity contribution in [3.63, 3.8) is 0 Å². The summed E-state index contributed by atoms with van der Waals surface area (Å²) in [7, 11) is 0. The highest BCUT2D eigenvalue weighted by atomic mass is 32.2. The van der Waals surface area contributed by atoms with Crippen LogP contribution in [-0.2, 0) is 0 Å². The zero-order chi connectivity index (χ0) is 5.33. The maximum absolute atomic E-state index is 3.94. The van der Waals surface area contributed by atoms with Crippen LogP contribution in [0.5, 0.6) is 0 Å². The van der Waals surface area contributed by atoms with Gasteiger partial charge in [-0.05, 0) is 0 Å². The maximum Gasteiger partial charge on any atom is 0.218 e. The van der Waals surface area contributed by atoms with Crippen LogP contribution >= 0.6 is 25.3 Å². The van der Waals surface area contributed by atoms with E-state index in [4.69, 9.17) is 0 Å². The predicted molar refractivity (Wildman–Crippen MR) is 35.5 cm³/mol. The number of nitrogens with one attached hydrogen (secondary N) is 2. The molecular weight excluding hydrogens is 130 g/mol. The van der Waals surface area contributed by atoms with Gasteiger partial charge >= 0.3 is 0 Å². The number of rotatable bonds is 0. The van der Waals surface area contributed by atoms with Gasteiger partial charge in [0.1, 0.15) is 6.34 Å². The standard InChI is InChI=1S/C2H5N3S2/c6-2(7)3-1-4-5-2/h1,5-7H,(H,3,4). The molecule has 0 aromatic rings. The summed E-state index contributed by atoms with van der Waals surface area (Å²) in [6.07, 6.45) is 1.50. The molecule has 0 saturated carbocycles. The molecule has 3 nitrogen and oxygen atoms in total. The summed E-state index contributed by atoms with van der Waals surface area (Å²) < 4.78 is -0.708. The molecule has 40 valence electrons. The lowest BCUT2D eigenvalue weighted by atomic mass is 11.1. The van der Waals surface area contributed by atoms with Crippen molar-refractivity contribution in [3.8, 4) is 0 Å². The molecule has 0 aliphatic carbocycles. The van der Waals surface area contributed by atoms with Crippen LogP contribution in [0.25, 0.3) is 0 Å². The molecule has 7 heavy (non-hydrogen) atoms. The van der Waals surface area contributed by atoms with Gasteiger partial charge in [0, 0.05) is 0 Å². The van der Waals surface area contributed by atoms with E-state index in [0.29, 0.717) is 0 Å². The molecule has 1 aliphatic rings. The van der Waals surface area contributed by atoms with Gasteiger partial charge in [0.05, 0.1) is 0 Å². The number of nitrogens with zero attached hydrogens (tertiary/aromatic N) is 1. The van der Waals surface area contributed by atoms with E-state index in [9.17, 15) is 0 Å². The quantitative estimate of drug-likeness (QED) is 0.269. The van der Waals surface area contributed by atoms with Gasteiger partial charge in [0.15, 0.2) is 0 Å². The fraction of sp³-hybridized carbons (Fsp3) is 0.500. The summed E-state index contributed by atoms with van der Waals surface area (Å²) >= 11 is 7.88. The van der Waals surface area contributed by atoms with E-state index in [-0.39, 0.29) is 0 Å². The van der Waals surface area contributed by atoms with Crippen molar-refractivity contribution in [3.05, 3.63) is 0 Å². The van der Waals surface area contributed by atoms with Gasteiger partial charge in [-0.3, -0.25) is 0 Å². The van der Waals surface area contributed by atoms with E-state index in [0.717, 1.165) is 0 Å². The molecule has 1 aliphatic heterocycles. The molecule has 1 heterocycles. The predicted octanol–water partition coefficient (Wildman–Crippen LogP) is -0.407. The van der Waals surface area contributed by atoms with Crippen LogP contribution < -0.4 is 10.9 Å². The van der Waals surface area contributed by atoms with Gasteiger partial charge in [-0.15, -0.1) is 25.3 Å². The van der Waals surface area contributed by atoms with Gasteiger partial charge in [-0.2, -0.15) is 5.43 Å². The van der Waals surface area contributed by atoms with Crippen molar-refractivity contribution in [2.75, 3.05) is 0 Å². The molecule has 0 unspecified atom stereocenters. The van der Waals surface area contributed by atoms with Crippen molar-refractivity contribution < 1.29 is 0 Å². The Hall–Kier alpha value is 0.130. The summed E-state index contributed by atoms with van der Waals surface area (Å²) in [5, 5.41) is 0. The first kappa shape index (κ1) is 5.27. The summed E-state index contributed by atoms with van der Waals surface area (Å²) in [6.45, 7) is 0. The molecule has 0 aromatic carbocycles. The highest BCUT2D eigenvalue weighted by Gasteiger charge is 2.19. The molecule has 0 aromatic heterocycles. The Labute approximate surface area is 52.4 Å². The normalized spacial score (nSPS) is 24.9. The minimum Gasteiger partial charge on any atom is -0.309 e. The molecule has 0 atom stereocenters. The second kappa shape index (κ2) is 1.57. The number of hydrogen-bond acceptors (Lipinski definition) is 5. The van der Waals surface area contributed by atoms with Crippen LogP contribution in [0.15, 0.2) is 4.99 Å².